The molecule has 0 saturated carbocycles. The van der Waals surface area contributed by atoms with Gasteiger partial charge in [0, 0.05) is 17.0 Å². The predicted octanol–water partition coefficient (Wildman–Crippen LogP) is 4.92. The second-order valence-corrected chi connectivity index (χ2v) is 7.57. The van der Waals surface area contributed by atoms with Crippen molar-refractivity contribution in [1.82, 2.24) is 5.32 Å². The van der Waals surface area contributed by atoms with Crippen LogP contribution in [-0.4, -0.2) is 17.6 Å². The molecule has 0 bridgehead atoms. The molecule has 1 heterocycles. The minimum Gasteiger partial charge on any atom is -0.487 e. The van der Waals surface area contributed by atoms with Crippen LogP contribution in [0.3, 0.4) is 0 Å². The van der Waals surface area contributed by atoms with Crippen molar-refractivity contribution in [1.29, 1.82) is 0 Å². The predicted molar refractivity (Wildman–Crippen MR) is 103 cm³/mol. The summed E-state index contributed by atoms with van der Waals surface area (Å²) in [6, 6.07) is 14.8. The Bertz CT molecular complexity index is 790. The molecule has 138 valence electrons. The van der Waals surface area contributed by atoms with Gasteiger partial charge in [-0.3, -0.25) is 4.79 Å². The summed E-state index contributed by atoms with van der Waals surface area (Å²) in [5, 5.41) is 3.72. The fourth-order valence-electron chi connectivity index (χ4n) is 3.22. The first-order valence-corrected chi connectivity index (χ1v) is 9.26. The van der Waals surface area contributed by atoms with Gasteiger partial charge >= 0.3 is 0 Å². The number of rotatable bonds is 5. The Morgan fingerprint density at radius 3 is 2.81 bits per heavy atom. The quantitative estimate of drug-likeness (QED) is 0.809. The van der Waals surface area contributed by atoms with Crippen LogP contribution in [0.5, 0.6) is 11.5 Å². The molecule has 2 atom stereocenters. The van der Waals surface area contributed by atoms with E-state index in [0.717, 1.165) is 11.3 Å². The number of hydrogen-bond acceptors (Lipinski definition) is 3. The number of halogens is 1. The lowest BCUT2D eigenvalue weighted by atomic mass is 9.89. The SMILES string of the molecule is CC[C@H](Oc1cccc(Cl)c1)C(=O)N[C@H]1CC(C)(C)Oc2ccccc21. The number of carbonyl (C=O) groups is 1. The smallest absolute Gasteiger partial charge is 0.261 e. The van der Waals surface area contributed by atoms with Gasteiger partial charge < -0.3 is 14.8 Å². The van der Waals surface area contributed by atoms with Crippen molar-refractivity contribution < 1.29 is 14.3 Å². The lowest BCUT2D eigenvalue weighted by Gasteiger charge is -2.38. The maximum atomic E-state index is 12.8. The third kappa shape index (κ3) is 4.31. The Morgan fingerprint density at radius 2 is 2.08 bits per heavy atom. The van der Waals surface area contributed by atoms with E-state index in [4.69, 9.17) is 21.1 Å². The van der Waals surface area contributed by atoms with E-state index in [9.17, 15) is 4.79 Å². The average Bonchev–Trinajstić information content (AvgIpc) is 2.58. The number of amides is 1. The summed E-state index contributed by atoms with van der Waals surface area (Å²) in [6.07, 6.45) is 0.683. The molecule has 0 fully saturated rings. The summed E-state index contributed by atoms with van der Waals surface area (Å²) in [6.45, 7) is 5.99. The van der Waals surface area contributed by atoms with Crippen LogP contribution in [-0.2, 0) is 4.79 Å². The highest BCUT2D eigenvalue weighted by atomic mass is 35.5. The van der Waals surface area contributed by atoms with Crippen LogP contribution >= 0.6 is 11.6 Å². The first kappa shape index (κ1) is 18.6. The van der Waals surface area contributed by atoms with Crippen LogP contribution in [0.15, 0.2) is 48.5 Å². The lowest BCUT2D eigenvalue weighted by Crippen LogP contribution is -2.45. The number of carbonyl (C=O) groups excluding carboxylic acids is 1. The zero-order chi connectivity index (χ0) is 18.7. The van der Waals surface area contributed by atoms with Gasteiger partial charge in [0.2, 0.25) is 0 Å². The molecular formula is C21H24ClNO3. The molecule has 1 aliphatic rings. The average molecular weight is 374 g/mol. The highest BCUT2D eigenvalue weighted by molar-refractivity contribution is 6.30. The van der Waals surface area contributed by atoms with Crippen LogP contribution in [0.1, 0.15) is 45.2 Å². The summed E-state index contributed by atoms with van der Waals surface area (Å²) in [4.78, 5) is 12.8. The third-order valence-electron chi connectivity index (χ3n) is 4.43. The van der Waals surface area contributed by atoms with E-state index < -0.39 is 6.10 Å². The van der Waals surface area contributed by atoms with Gasteiger partial charge in [0.15, 0.2) is 6.10 Å². The molecule has 0 saturated heterocycles. The van der Waals surface area contributed by atoms with Gasteiger partial charge in [0.1, 0.15) is 17.1 Å². The van der Waals surface area contributed by atoms with Gasteiger partial charge in [-0.1, -0.05) is 42.8 Å². The molecule has 1 aliphatic heterocycles. The van der Waals surface area contributed by atoms with Gasteiger partial charge in [0.05, 0.1) is 6.04 Å². The maximum absolute atomic E-state index is 12.8. The number of benzene rings is 2. The minimum atomic E-state index is -0.577. The van der Waals surface area contributed by atoms with E-state index in [1.807, 2.05) is 45.0 Å². The van der Waals surface area contributed by atoms with E-state index in [2.05, 4.69) is 5.32 Å². The van der Waals surface area contributed by atoms with Gasteiger partial charge in [-0.05, 0) is 44.5 Å². The number of hydrogen-bond donors (Lipinski definition) is 1. The summed E-state index contributed by atoms with van der Waals surface area (Å²) < 4.78 is 11.9. The molecular weight excluding hydrogens is 350 g/mol. The highest BCUT2D eigenvalue weighted by Gasteiger charge is 2.35. The second-order valence-electron chi connectivity index (χ2n) is 7.14. The molecule has 0 aliphatic carbocycles. The minimum absolute atomic E-state index is 0.112. The molecule has 5 heteroatoms. The summed E-state index contributed by atoms with van der Waals surface area (Å²) >= 11 is 6.00. The van der Waals surface area contributed by atoms with Crippen molar-refractivity contribution >= 4 is 17.5 Å². The molecule has 0 unspecified atom stereocenters. The Balaban J connectivity index is 1.75. The zero-order valence-electron chi connectivity index (χ0n) is 15.3. The maximum Gasteiger partial charge on any atom is 0.261 e. The van der Waals surface area contributed by atoms with E-state index >= 15 is 0 Å². The topological polar surface area (TPSA) is 47.6 Å². The summed E-state index contributed by atoms with van der Waals surface area (Å²) in [7, 11) is 0. The molecule has 0 radical (unpaired) electrons. The molecule has 0 spiro atoms. The number of para-hydroxylation sites is 1. The summed E-state index contributed by atoms with van der Waals surface area (Å²) in [5.74, 6) is 1.27. The summed E-state index contributed by atoms with van der Waals surface area (Å²) in [5.41, 5.74) is 0.653. The van der Waals surface area contributed by atoms with Crippen LogP contribution < -0.4 is 14.8 Å². The van der Waals surface area contributed by atoms with Gasteiger partial charge in [-0.2, -0.15) is 0 Å². The Labute approximate surface area is 159 Å². The molecule has 4 nitrogen and oxygen atoms in total. The molecule has 0 aromatic heterocycles. The van der Waals surface area contributed by atoms with Crippen molar-refractivity contribution in [2.45, 2.75) is 51.4 Å². The van der Waals surface area contributed by atoms with Gasteiger partial charge in [0.25, 0.3) is 5.91 Å². The molecule has 3 rings (SSSR count). The molecule has 1 N–H and O–H groups in total. The Kier molecular flexibility index (Phi) is 5.42. The van der Waals surface area contributed by atoms with E-state index in [1.54, 1.807) is 24.3 Å². The molecule has 2 aromatic carbocycles. The monoisotopic (exact) mass is 373 g/mol. The van der Waals surface area contributed by atoms with Gasteiger partial charge in [-0.15, -0.1) is 0 Å². The molecule has 26 heavy (non-hydrogen) atoms. The van der Waals surface area contributed by atoms with Crippen molar-refractivity contribution in [3.63, 3.8) is 0 Å². The number of ether oxygens (including phenoxy) is 2. The van der Waals surface area contributed by atoms with Crippen LogP contribution in [0.2, 0.25) is 5.02 Å². The number of fused-ring (bicyclic) bond motifs is 1. The van der Waals surface area contributed by atoms with Crippen molar-refractivity contribution in [2.75, 3.05) is 0 Å². The normalized spacial score (nSPS) is 19.0. The van der Waals surface area contributed by atoms with E-state index in [-0.39, 0.29) is 17.6 Å². The molecule has 1 amide bonds. The van der Waals surface area contributed by atoms with Crippen molar-refractivity contribution in [2.24, 2.45) is 0 Å². The van der Waals surface area contributed by atoms with E-state index in [1.165, 1.54) is 0 Å². The number of nitrogens with one attached hydrogen (secondary N) is 1. The van der Waals surface area contributed by atoms with Gasteiger partial charge in [-0.25, -0.2) is 0 Å². The fraction of sp³-hybridized carbons (Fsp3) is 0.381. The highest BCUT2D eigenvalue weighted by Crippen LogP contribution is 2.39. The largest absolute Gasteiger partial charge is 0.487 e. The second kappa shape index (κ2) is 7.58. The standard InChI is InChI=1S/C21H24ClNO3/c1-4-18(25-15-9-7-8-14(22)12-15)20(24)23-17-13-21(2,3)26-19-11-6-5-10-16(17)19/h5-12,17-18H,4,13H2,1-3H3,(H,23,24)/t17-,18-/m0/s1. The van der Waals surface area contributed by atoms with Crippen LogP contribution in [0.4, 0.5) is 0 Å². The fourth-order valence-corrected chi connectivity index (χ4v) is 3.40. The molecule has 2 aromatic rings. The Morgan fingerprint density at radius 1 is 1.31 bits per heavy atom. The van der Waals surface area contributed by atoms with Crippen molar-refractivity contribution in [3.8, 4) is 11.5 Å². The van der Waals surface area contributed by atoms with Crippen molar-refractivity contribution in [3.05, 3.63) is 59.1 Å². The van der Waals surface area contributed by atoms with Crippen LogP contribution in [0, 0.1) is 0 Å². The first-order chi connectivity index (χ1) is 12.4. The van der Waals surface area contributed by atoms with E-state index in [0.29, 0.717) is 23.6 Å². The lowest BCUT2D eigenvalue weighted by molar-refractivity contribution is -0.129. The van der Waals surface area contributed by atoms with Crippen LogP contribution in [0.25, 0.3) is 0 Å². The zero-order valence-corrected chi connectivity index (χ0v) is 16.0. The third-order valence-corrected chi connectivity index (χ3v) is 4.67. The first-order valence-electron chi connectivity index (χ1n) is 8.88. The Hall–Kier alpha value is -2.20.